The van der Waals surface area contributed by atoms with Crippen molar-refractivity contribution in [2.45, 2.75) is 32.1 Å². The zero-order chi connectivity index (χ0) is 26.6. The lowest BCUT2D eigenvalue weighted by Gasteiger charge is -2.33. The molecule has 37 heavy (non-hydrogen) atoms. The summed E-state index contributed by atoms with van der Waals surface area (Å²) >= 11 is 0. The van der Waals surface area contributed by atoms with Gasteiger partial charge in [0.2, 0.25) is 15.9 Å². The molecule has 2 aromatic carbocycles. The molecule has 0 bridgehead atoms. The third-order valence-electron chi connectivity index (χ3n) is 6.13. The average Bonchev–Trinajstić information content (AvgIpc) is 3.33. The molecule has 11 nitrogen and oxygen atoms in total. The number of carbonyl (C=O) groups excluding carboxylic acids is 2. The van der Waals surface area contributed by atoms with Gasteiger partial charge in [-0.3, -0.25) is 10.1 Å². The van der Waals surface area contributed by atoms with Crippen LogP contribution in [0.1, 0.15) is 39.9 Å². The molecular formula is C25H29N5O6S. The maximum Gasteiger partial charge on any atom is 0.409 e. The number of amides is 2. The van der Waals surface area contributed by atoms with Crippen LogP contribution in [0.5, 0.6) is 0 Å². The largest absolute Gasteiger partial charge is 0.450 e. The summed E-state index contributed by atoms with van der Waals surface area (Å²) in [5, 5.41) is 10.4. The third kappa shape index (κ3) is 6.15. The zero-order valence-electron chi connectivity index (χ0n) is 20.9. The summed E-state index contributed by atoms with van der Waals surface area (Å²) in [7, 11) is -3.78. The molecule has 3 aromatic rings. The molecule has 0 saturated carbocycles. The molecule has 0 atom stereocenters. The van der Waals surface area contributed by atoms with Crippen LogP contribution in [0.4, 0.5) is 10.8 Å². The fraction of sp³-hybridized carbons (Fsp3) is 0.360. The summed E-state index contributed by atoms with van der Waals surface area (Å²) in [5.74, 6) is -0.142. The van der Waals surface area contributed by atoms with Crippen molar-refractivity contribution in [3.8, 4) is 0 Å². The summed E-state index contributed by atoms with van der Waals surface area (Å²) in [5.41, 5.74) is 3.61. The highest BCUT2D eigenvalue weighted by molar-refractivity contribution is 7.89. The fourth-order valence-electron chi connectivity index (χ4n) is 3.89. The van der Waals surface area contributed by atoms with Gasteiger partial charge in [-0.15, -0.1) is 5.10 Å². The van der Waals surface area contributed by atoms with Gasteiger partial charge in [0.05, 0.1) is 17.9 Å². The zero-order valence-corrected chi connectivity index (χ0v) is 21.7. The van der Waals surface area contributed by atoms with Gasteiger partial charge in [0, 0.05) is 31.7 Å². The number of sulfonamides is 1. The van der Waals surface area contributed by atoms with Gasteiger partial charge in [-0.05, 0) is 61.7 Å². The van der Waals surface area contributed by atoms with E-state index < -0.39 is 22.0 Å². The number of ether oxygens (including phenoxy) is 1. The summed E-state index contributed by atoms with van der Waals surface area (Å²) in [6.07, 6.45) is -0.0153. The predicted octanol–water partition coefficient (Wildman–Crippen LogP) is 2.99. The van der Waals surface area contributed by atoms with Crippen LogP contribution >= 0.6 is 0 Å². The SMILES string of the molecule is CCOC(=O)N1CCN(S(=O)(=O)c2ccc(C(=O)Nc3nnc(Cc4ccc(C)c(C)c4)o3)cc2)CC1. The van der Waals surface area contributed by atoms with Crippen LogP contribution in [-0.2, 0) is 21.2 Å². The minimum Gasteiger partial charge on any atom is -0.450 e. The Morgan fingerprint density at radius 2 is 1.70 bits per heavy atom. The lowest BCUT2D eigenvalue weighted by molar-refractivity contribution is 0.0933. The Kier molecular flexibility index (Phi) is 7.89. The quantitative estimate of drug-likeness (QED) is 0.495. The van der Waals surface area contributed by atoms with Gasteiger partial charge in [-0.1, -0.05) is 23.3 Å². The van der Waals surface area contributed by atoms with E-state index in [-0.39, 0.29) is 49.3 Å². The van der Waals surface area contributed by atoms with Crippen molar-refractivity contribution in [2.24, 2.45) is 0 Å². The highest BCUT2D eigenvalue weighted by Crippen LogP contribution is 2.20. The van der Waals surface area contributed by atoms with Crippen molar-refractivity contribution in [3.63, 3.8) is 0 Å². The first kappa shape index (κ1) is 26.3. The van der Waals surface area contributed by atoms with E-state index in [1.54, 1.807) is 6.92 Å². The number of piperazine rings is 1. The van der Waals surface area contributed by atoms with E-state index >= 15 is 0 Å². The highest BCUT2D eigenvalue weighted by Gasteiger charge is 2.30. The van der Waals surface area contributed by atoms with E-state index in [0.717, 1.165) is 11.1 Å². The van der Waals surface area contributed by atoms with Gasteiger partial charge >= 0.3 is 12.1 Å². The van der Waals surface area contributed by atoms with E-state index in [1.165, 1.54) is 39.0 Å². The minimum absolute atomic E-state index is 0.0417. The van der Waals surface area contributed by atoms with Crippen molar-refractivity contribution in [3.05, 3.63) is 70.6 Å². The number of hydrogen-bond acceptors (Lipinski definition) is 8. The van der Waals surface area contributed by atoms with Crippen LogP contribution in [0.15, 0.2) is 51.8 Å². The number of rotatable bonds is 7. The number of carbonyl (C=O) groups is 2. The summed E-state index contributed by atoms with van der Waals surface area (Å²) < 4.78 is 37.9. The van der Waals surface area contributed by atoms with E-state index in [2.05, 4.69) is 15.5 Å². The van der Waals surface area contributed by atoms with E-state index in [0.29, 0.717) is 12.3 Å². The second kappa shape index (κ2) is 11.1. The normalized spacial score (nSPS) is 14.4. The standard InChI is InChI=1S/C25H29N5O6S/c1-4-35-25(32)29-11-13-30(14-12-29)37(33,34)21-9-7-20(8-10-21)23(31)26-24-28-27-22(36-24)16-19-6-5-17(2)18(3)15-19/h5-10,15H,4,11-14,16H2,1-3H3,(H,26,28,31). The molecule has 12 heteroatoms. The number of nitrogens with one attached hydrogen (secondary N) is 1. The molecule has 1 fully saturated rings. The first-order valence-electron chi connectivity index (χ1n) is 11.9. The van der Waals surface area contributed by atoms with E-state index in [1.807, 2.05) is 32.0 Å². The summed E-state index contributed by atoms with van der Waals surface area (Å²) in [6, 6.07) is 11.6. The molecule has 1 aliphatic rings. The van der Waals surface area contributed by atoms with Crippen LogP contribution in [0.25, 0.3) is 0 Å². The van der Waals surface area contributed by atoms with E-state index in [4.69, 9.17) is 9.15 Å². The molecule has 2 heterocycles. The Bertz CT molecular complexity index is 1380. The summed E-state index contributed by atoms with van der Waals surface area (Å²) in [4.78, 5) is 26.0. The van der Waals surface area contributed by atoms with Crippen molar-refractivity contribution in [1.82, 2.24) is 19.4 Å². The van der Waals surface area contributed by atoms with Gasteiger partial charge < -0.3 is 14.1 Å². The molecule has 2 amide bonds. The van der Waals surface area contributed by atoms with Crippen LogP contribution in [-0.4, -0.2) is 72.6 Å². The molecule has 1 aliphatic heterocycles. The third-order valence-corrected chi connectivity index (χ3v) is 8.05. The molecule has 196 valence electrons. The second-order valence-electron chi connectivity index (χ2n) is 8.66. The molecule has 0 spiro atoms. The Balaban J connectivity index is 1.35. The topological polar surface area (TPSA) is 135 Å². The molecule has 4 rings (SSSR count). The molecule has 0 aliphatic carbocycles. The number of hydrogen-bond donors (Lipinski definition) is 1. The lowest BCUT2D eigenvalue weighted by atomic mass is 10.0. The van der Waals surface area contributed by atoms with Crippen LogP contribution in [0.2, 0.25) is 0 Å². The van der Waals surface area contributed by atoms with Crippen LogP contribution in [0.3, 0.4) is 0 Å². The first-order valence-corrected chi connectivity index (χ1v) is 13.3. The van der Waals surface area contributed by atoms with Crippen molar-refractivity contribution in [2.75, 3.05) is 38.1 Å². The fourth-order valence-corrected chi connectivity index (χ4v) is 5.31. The van der Waals surface area contributed by atoms with Gasteiger partial charge in [-0.25, -0.2) is 13.2 Å². The van der Waals surface area contributed by atoms with Crippen molar-refractivity contribution in [1.29, 1.82) is 0 Å². The van der Waals surface area contributed by atoms with Crippen molar-refractivity contribution >= 4 is 28.0 Å². The van der Waals surface area contributed by atoms with Crippen LogP contribution < -0.4 is 5.32 Å². The average molecular weight is 528 g/mol. The Morgan fingerprint density at radius 3 is 2.35 bits per heavy atom. The molecule has 0 radical (unpaired) electrons. The number of anilines is 1. The molecule has 1 saturated heterocycles. The number of nitrogens with zero attached hydrogens (tertiary/aromatic N) is 4. The summed E-state index contributed by atoms with van der Waals surface area (Å²) in [6.45, 7) is 6.85. The molecule has 1 aromatic heterocycles. The van der Waals surface area contributed by atoms with E-state index in [9.17, 15) is 18.0 Å². The van der Waals surface area contributed by atoms with Crippen molar-refractivity contribution < 1.29 is 27.2 Å². The van der Waals surface area contributed by atoms with Gasteiger partial charge in [0.1, 0.15) is 0 Å². The number of benzene rings is 2. The molecule has 1 N–H and O–H groups in total. The van der Waals surface area contributed by atoms with Gasteiger partial charge in [-0.2, -0.15) is 4.31 Å². The second-order valence-corrected chi connectivity index (χ2v) is 10.6. The Labute approximate surface area is 215 Å². The number of aromatic nitrogens is 2. The molecular weight excluding hydrogens is 498 g/mol. The maximum absolute atomic E-state index is 13.0. The Morgan fingerprint density at radius 1 is 1.00 bits per heavy atom. The van der Waals surface area contributed by atoms with Gasteiger partial charge in [0.15, 0.2) is 0 Å². The first-order chi connectivity index (χ1) is 17.7. The monoisotopic (exact) mass is 527 g/mol. The highest BCUT2D eigenvalue weighted by atomic mass is 32.2. The van der Waals surface area contributed by atoms with Gasteiger partial charge in [0.25, 0.3) is 5.91 Å². The predicted molar refractivity (Wildman–Crippen MR) is 135 cm³/mol. The maximum atomic E-state index is 13.0. The Hall–Kier alpha value is -3.77. The minimum atomic E-state index is -3.78. The molecule has 0 unspecified atom stereocenters. The smallest absolute Gasteiger partial charge is 0.409 e. The number of aryl methyl sites for hydroxylation is 2. The lowest BCUT2D eigenvalue weighted by Crippen LogP contribution is -2.50. The van der Waals surface area contributed by atoms with Crippen LogP contribution in [0, 0.1) is 13.8 Å².